The van der Waals surface area contributed by atoms with Gasteiger partial charge in [0.15, 0.2) is 0 Å². The van der Waals surface area contributed by atoms with Crippen LogP contribution >= 0.6 is 0 Å². The smallest absolute Gasteiger partial charge is 0.0519 e. The maximum atomic E-state index is 3.91. The quantitative estimate of drug-likeness (QED) is 0.691. The number of hydrogen-bond donors (Lipinski definition) is 1. The van der Waals surface area contributed by atoms with Crippen molar-refractivity contribution in [3.05, 3.63) is 30.3 Å². The van der Waals surface area contributed by atoms with E-state index in [9.17, 15) is 0 Å². The molecule has 2 heteroatoms. The number of hydrazine groups is 1. The molecule has 2 rings (SSSR count). The van der Waals surface area contributed by atoms with Gasteiger partial charge in [0, 0.05) is 12.6 Å². The van der Waals surface area contributed by atoms with Crippen molar-refractivity contribution in [2.45, 2.75) is 66.3 Å². The normalized spacial score (nSPS) is 27.0. The van der Waals surface area contributed by atoms with Gasteiger partial charge < -0.3 is 5.01 Å². The molecule has 124 valence electrons. The maximum Gasteiger partial charge on any atom is 0.0519 e. The molecule has 0 spiro atoms. The van der Waals surface area contributed by atoms with Gasteiger partial charge in [0.25, 0.3) is 0 Å². The van der Waals surface area contributed by atoms with Crippen LogP contribution < -0.4 is 10.4 Å². The van der Waals surface area contributed by atoms with E-state index in [0.29, 0.717) is 11.5 Å². The van der Waals surface area contributed by atoms with Gasteiger partial charge in [-0.3, -0.25) is 0 Å². The minimum Gasteiger partial charge on any atom is -0.308 e. The second-order valence-electron chi connectivity index (χ2n) is 7.68. The predicted molar refractivity (Wildman–Crippen MR) is 97.0 cm³/mol. The zero-order chi connectivity index (χ0) is 16.2. The second kappa shape index (κ2) is 7.50. The maximum absolute atomic E-state index is 3.91. The van der Waals surface area contributed by atoms with Crippen molar-refractivity contribution in [2.75, 3.05) is 11.6 Å². The molecule has 1 N–H and O–H groups in total. The minimum atomic E-state index is 0.443. The number of benzene rings is 1. The third-order valence-corrected chi connectivity index (χ3v) is 5.45. The molecule has 2 nitrogen and oxygen atoms in total. The lowest BCUT2D eigenvalue weighted by Gasteiger charge is -2.36. The van der Waals surface area contributed by atoms with E-state index in [1.54, 1.807) is 0 Å². The molecule has 0 bridgehead atoms. The Hall–Kier alpha value is -1.02. The van der Waals surface area contributed by atoms with Crippen LogP contribution in [0.4, 0.5) is 5.69 Å². The molecule has 22 heavy (non-hydrogen) atoms. The first-order valence-electron chi connectivity index (χ1n) is 9.08. The number of unbranched alkanes of at least 4 members (excludes halogenated alkanes) is 1. The van der Waals surface area contributed by atoms with E-state index in [4.69, 9.17) is 0 Å². The fourth-order valence-electron chi connectivity index (χ4n) is 4.39. The second-order valence-corrected chi connectivity index (χ2v) is 7.68. The zero-order valence-electron chi connectivity index (χ0n) is 15.1. The van der Waals surface area contributed by atoms with Gasteiger partial charge in [0.2, 0.25) is 0 Å². The third-order valence-electron chi connectivity index (χ3n) is 5.45. The van der Waals surface area contributed by atoms with Crippen molar-refractivity contribution >= 4 is 5.69 Å². The fourth-order valence-corrected chi connectivity index (χ4v) is 4.39. The van der Waals surface area contributed by atoms with Crippen LogP contribution in [-0.4, -0.2) is 12.6 Å². The van der Waals surface area contributed by atoms with Crippen LogP contribution in [0, 0.1) is 17.3 Å². The van der Waals surface area contributed by atoms with Gasteiger partial charge in [0.05, 0.1) is 5.69 Å². The van der Waals surface area contributed by atoms with Gasteiger partial charge in [-0.2, -0.15) is 0 Å². The van der Waals surface area contributed by atoms with Crippen molar-refractivity contribution in [3.8, 4) is 0 Å². The summed E-state index contributed by atoms with van der Waals surface area (Å²) in [4.78, 5) is 0. The molecule has 0 radical (unpaired) electrons. The molecular weight excluding hydrogens is 268 g/mol. The third kappa shape index (κ3) is 3.84. The van der Waals surface area contributed by atoms with Crippen LogP contribution in [0.5, 0.6) is 0 Å². The van der Waals surface area contributed by atoms with Gasteiger partial charge >= 0.3 is 0 Å². The predicted octanol–water partition coefficient (Wildman–Crippen LogP) is 5.26. The number of para-hydroxylation sites is 1. The number of hydrogen-bond acceptors (Lipinski definition) is 2. The van der Waals surface area contributed by atoms with Crippen molar-refractivity contribution in [2.24, 2.45) is 17.3 Å². The van der Waals surface area contributed by atoms with E-state index in [0.717, 1.165) is 18.4 Å². The number of rotatable bonds is 7. The van der Waals surface area contributed by atoms with Crippen LogP contribution in [0.25, 0.3) is 0 Å². The fraction of sp³-hybridized carbons (Fsp3) is 0.700. The zero-order valence-corrected chi connectivity index (χ0v) is 15.1. The van der Waals surface area contributed by atoms with Gasteiger partial charge in [-0.1, -0.05) is 65.7 Å². The summed E-state index contributed by atoms with van der Waals surface area (Å²) in [5.74, 6) is 1.48. The molecule has 1 aromatic carbocycles. The summed E-state index contributed by atoms with van der Waals surface area (Å²) in [6, 6.07) is 11.4. The molecule has 0 amide bonds. The van der Waals surface area contributed by atoms with Gasteiger partial charge in [-0.05, 0) is 42.2 Å². The lowest BCUT2D eigenvalue weighted by atomic mass is 9.79. The molecule has 0 aliphatic heterocycles. The molecule has 1 fully saturated rings. The highest BCUT2D eigenvalue weighted by atomic mass is 15.5. The highest BCUT2D eigenvalue weighted by molar-refractivity contribution is 5.44. The molecule has 1 aromatic rings. The van der Waals surface area contributed by atoms with E-state index in [1.807, 2.05) is 0 Å². The van der Waals surface area contributed by atoms with Crippen LogP contribution in [0.3, 0.4) is 0 Å². The van der Waals surface area contributed by atoms with Crippen LogP contribution in [0.1, 0.15) is 60.3 Å². The van der Waals surface area contributed by atoms with Crippen molar-refractivity contribution in [1.29, 1.82) is 0 Å². The van der Waals surface area contributed by atoms with Crippen LogP contribution in [0.2, 0.25) is 0 Å². The minimum absolute atomic E-state index is 0.443. The molecule has 0 saturated heterocycles. The number of anilines is 1. The standard InChI is InChI=1S/C20H34N2/c1-6-8-14-22(17-12-10-9-11-13-17)21-19-16(3)15-20(4,5)18(19)7-2/h9-13,16,18-19,21H,6-8,14-15H2,1-5H3. The number of nitrogens with one attached hydrogen (secondary N) is 1. The topological polar surface area (TPSA) is 15.3 Å². The Labute approximate surface area is 137 Å². The van der Waals surface area contributed by atoms with Crippen LogP contribution in [-0.2, 0) is 0 Å². The molecule has 3 atom stereocenters. The van der Waals surface area contributed by atoms with Gasteiger partial charge in [-0.25, -0.2) is 5.43 Å². The Morgan fingerprint density at radius 3 is 2.45 bits per heavy atom. The largest absolute Gasteiger partial charge is 0.308 e. The van der Waals surface area contributed by atoms with Crippen molar-refractivity contribution in [3.63, 3.8) is 0 Å². The SMILES string of the molecule is CCCCN(NC1C(C)CC(C)(C)C1CC)c1ccccc1. The molecule has 1 saturated carbocycles. The first-order valence-corrected chi connectivity index (χ1v) is 9.08. The highest BCUT2D eigenvalue weighted by Gasteiger charge is 2.45. The van der Waals surface area contributed by atoms with E-state index >= 15 is 0 Å². The highest BCUT2D eigenvalue weighted by Crippen LogP contribution is 2.47. The van der Waals surface area contributed by atoms with Crippen molar-refractivity contribution in [1.82, 2.24) is 5.43 Å². The van der Waals surface area contributed by atoms with Gasteiger partial charge in [0.1, 0.15) is 0 Å². The van der Waals surface area contributed by atoms with E-state index in [2.05, 4.69) is 75.4 Å². The Kier molecular flexibility index (Phi) is 5.91. The summed E-state index contributed by atoms with van der Waals surface area (Å²) in [7, 11) is 0. The Morgan fingerprint density at radius 1 is 1.18 bits per heavy atom. The summed E-state index contributed by atoms with van der Waals surface area (Å²) in [5.41, 5.74) is 5.64. The lowest BCUT2D eigenvalue weighted by molar-refractivity contribution is 0.219. The summed E-state index contributed by atoms with van der Waals surface area (Å²) in [5, 5.41) is 2.40. The molecule has 0 heterocycles. The molecule has 3 unspecified atom stereocenters. The lowest BCUT2D eigenvalue weighted by Crippen LogP contribution is -2.50. The first kappa shape index (κ1) is 17.3. The Morgan fingerprint density at radius 2 is 1.86 bits per heavy atom. The Balaban J connectivity index is 2.15. The summed E-state index contributed by atoms with van der Waals surface area (Å²) in [6.45, 7) is 13.0. The summed E-state index contributed by atoms with van der Waals surface area (Å²) in [6.07, 6.45) is 5.03. The average Bonchev–Trinajstić information content (AvgIpc) is 2.72. The monoisotopic (exact) mass is 302 g/mol. The molecule has 1 aliphatic carbocycles. The molecule has 0 aromatic heterocycles. The van der Waals surface area contributed by atoms with E-state index in [-0.39, 0.29) is 0 Å². The van der Waals surface area contributed by atoms with Gasteiger partial charge in [-0.15, -0.1) is 0 Å². The van der Waals surface area contributed by atoms with E-state index < -0.39 is 0 Å². The Bertz CT molecular complexity index is 440. The first-order chi connectivity index (χ1) is 10.5. The molecule has 1 aliphatic rings. The van der Waals surface area contributed by atoms with Crippen LogP contribution in [0.15, 0.2) is 30.3 Å². The summed E-state index contributed by atoms with van der Waals surface area (Å²) >= 11 is 0. The molecular formula is C20H34N2. The average molecular weight is 303 g/mol. The number of nitrogens with zero attached hydrogens (tertiary/aromatic N) is 1. The summed E-state index contributed by atoms with van der Waals surface area (Å²) < 4.78 is 0. The van der Waals surface area contributed by atoms with E-state index in [1.165, 1.54) is 31.4 Å². The van der Waals surface area contributed by atoms with Crippen molar-refractivity contribution < 1.29 is 0 Å².